The summed E-state index contributed by atoms with van der Waals surface area (Å²) >= 11 is 0. The molecule has 0 bridgehead atoms. The molecule has 1 aromatic carbocycles. The highest BCUT2D eigenvalue weighted by atomic mass is 19.2. The van der Waals surface area contributed by atoms with Crippen LogP contribution in [-0.4, -0.2) is 16.1 Å². The molecule has 0 saturated carbocycles. The molecule has 3 N–H and O–H groups in total. The van der Waals surface area contributed by atoms with Gasteiger partial charge in [-0.3, -0.25) is 0 Å². The highest BCUT2D eigenvalue weighted by Crippen LogP contribution is 2.24. The summed E-state index contributed by atoms with van der Waals surface area (Å²) in [4.78, 5) is 4.13. The molecule has 0 atom stereocenters. The van der Waals surface area contributed by atoms with Gasteiger partial charge in [-0.25, -0.2) is 13.8 Å². The van der Waals surface area contributed by atoms with E-state index in [0.29, 0.717) is 13.0 Å². The molecule has 18 heavy (non-hydrogen) atoms. The number of imidazole rings is 1. The molecule has 2 rings (SSSR count). The summed E-state index contributed by atoms with van der Waals surface area (Å²) in [6.07, 6.45) is 4.11. The van der Waals surface area contributed by atoms with Gasteiger partial charge in [-0.2, -0.15) is 0 Å². The van der Waals surface area contributed by atoms with E-state index in [0.717, 1.165) is 11.9 Å². The minimum atomic E-state index is -0.949. The van der Waals surface area contributed by atoms with Crippen molar-refractivity contribution in [3.8, 4) is 0 Å². The lowest BCUT2D eigenvalue weighted by Crippen LogP contribution is -2.11. The minimum Gasteiger partial charge on any atom is -0.397 e. The van der Waals surface area contributed by atoms with Gasteiger partial charge in [0.25, 0.3) is 0 Å². The van der Waals surface area contributed by atoms with Gasteiger partial charge in [0, 0.05) is 32.4 Å². The van der Waals surface area contributed by atoms with E-state index in [1.807, 2.05) is 17.8 Å². The van der Waals surface area contributed by atoms with Crippen molar-refractivity contribution in [3.63, 3.8) is 0 Å². The molecule has 0 amide bonds. The average Bonchev–Trinajstić information content (AvgIpc) is 2.74. The largest absolute Gasteiger partial charge is 0.397 e. The fourth-order valence-corrected chi connectivity index (χ4v) is 1.68. The van der Waals surface area contributed by atoms with E-state index < -0.39 is 11.6 Å². The Morgan fingerprint density at radius 1 is 1.39 bits per heavy atom. The van der Waals surface area contributed by atoms with Gasteiger partial charge in [0.15, 0.2) is 11.6 Å². The molecule has 1 aromatic heterocycles. The van der Waals surface area contributed by atoms with E-state index in [1.54, 1.807) is 6.20 Å². The van der Waals surface area contributed by atoms with Crippen molar-refractivity contribution in [3.05, 3.63) is 42.0 Å². The number of rotatable bonds is 4. The third-order valence-corrected chi connectivity index (χ3v) is 2.70. The highest BCUT2D eigenvalue weighted by Gasteiger charge is 2.11. The number of anilines is 2. The number of aryl methyl sites for hydroxylation is 1. The average molecular weight is 252 g/mol. The number of benzene rings is 1. The monoisotopic (exact) mass is 252 g/mol. The maximum absolute atomic E-state index is 13.5. The van der Waals surface area contributed by atoms with Crippen LogP contribution < -0.4 is 11.1 Å². The molecule has 0 aliphatic carbocycles. The second kappa shape index (κ2) is 5.03. The zero-order valence-electron chi connectivity index (χ0n) is 9.95. The predicted molar refractivity (Wildman–Crippen MR) is 66.2 cm³/mol. The molecule has 0 radical (unpaired) electrons. The minimum absolute atomic E-state index is 0.00390. The number of nitrogens with one attached hydrogen (secondary N) is 1. The number of nitrogen functional groups attached to an aromatic ring is 1. The number of halogens is 2. The third kappa shape index (κ3) is 2.42. The first-order valence-corrected chi connectivity index (χ1v) is 5.53. The molecule has 0 fully saturated rings. The molecule has 0 aliphatic rings. The van der Waals surface area contributed by atoms with Gasteiger partial charge in [0.2, 0.25) is 0 Å². The number of hydrogen-bond donors (Lipinski definition) is 2. The summed E-state index contributed by atoms with van der Waals surface area (Å²) < 4.78 is 28.4. The lowest BCUT2D eigenvalue weighted by molar-refractivity contribution is 0.511. The summed E-state index contributed by atoms with van der Waals surface area (Å²) in [5, 5.41) is 2.79. The Morgan fingerprint density at radius 3 is 2.83 bits per heavy atom. The van der Waals surface area contributed by atoms with Crippen LogP contribution in [0.5, 0.6) is 0 Å². The number of nitrogens with zero attached hydrogens (tertiary/aromatic N) is 2. The predicted octanol–water partition coefficient (Wildman–Crippen LogP) is 1.94. The van der Waals surface area contributed by atoms with Crippen molar-refractivity contribution >= 4 is 11.4 Å². The van der Waals surface area contributed by atoms with E-state index in [4.69, 9.17) is 5.73 Å². The summed E-state index contributed by atoms with van der Waals surface area (Å²) in [7, 11) is 1.87. The van der Waals surface area contributed by atoms with Gasteiger partial charge in [-0.1, -0.05) is 0 Å². The molecule has 4 nitrogen and oxygen atoms in total. The van der Waals surface area contributed by atoms with Crippen molar-refractivity contribution in [2.24, 2.45) is 7.05 Å². The SMILES string of the molecule is Cn1ccnc1CCNc1c(N)ccc(F)c1F. The van der Waals surface area contributed by atoms with Gasteiger partial charge in [0.05, 0.1) is 11.4 Å². The van der Waals surface area contributed by atoms with Crippen LogP contribution in [0.2, 0.25) is 0 Å². The topological polar surface area (TPSA) is 55.9 Å². The first-order valence-electron chi connectivity index (χ1n) is 5.53. The molecular formula is C12H14F2N4. The van der Waals surface area contributed by atoms with E-state index >= 15 is 0 Å². The zero-order chi connectivity index (χ0) is 13.1. The molecule has 1 heterocycles. The van der Waals surface area contributed by atoms with Crippen LogP contribution in [0.25, 0.3) is 0 Å². The summed E-state index contributed by atoms with van der Waals surface area (Å²) in [6, 6.07) is 2.34. The first-order chi connectivity index (χ1) is 8.59. The van der Waals surface area contributed by atoms with Crippen LogP contribution in [0.3, 0.4) is 0 Å². The van der Waals surface area contributed by atoms with Crippen LogP contribution in [-0.2, 0) is 13.5 Å². The third-order valence-electron chi connectivity index (χ3n) is 2.70. The van der Waals surface area contributed by atoms with Crippen molar-refractivity contribution in [1.29, 1.82) is 0 Å². The Hall–Kier alpha value is -2.11. The lowest BCUT2D eigenvalue weighted by Gasteiger charge is -2.10. The maximum atomic E-state index is 13.5. The molecule has 0 saturated heterocycles. The van der Waals surface area contributed by atoms with E-state index in [1.165, 1.54) is 6.07 Å². The lowest BCUT2D eigenvalue weighted by atomic mass is 10.2. The zero-order valence-corrected chi connectivity index (χ0v) is 9.95. The summed E-state index contributed by atoms with van der Waals surface area (Å²) in [6.45, 7) is 0.426. The number of hydrogen-bond acceptors (Lipinski definition) is 3. The van der Waals surface area contributed by atoms with Gasteiger partial charge >= 0.3 is 0 Å². The summed E-state index contributed by atoms with van der Waals surface area (Å²) in [5.74, 6) is -1.00. The Morgan fingerprint density at radius 2 is 2.17 bits per heavy atom. The second-order valence-electron chi connectivity index (χ2n) is 3.96. The molecule has 6 heteroatoms. The first kappa shape index (κ1) is 12.3. The molecule has 0 spiro atoms. The standard InChI is InChI=1S/C12H14F2N4/c1-18-7-6-16-10(18)4-5-17-12-9(15)3-2-8(13)11(12)14/h2-3,6-7,17H,4-5,15H2,1H3. The van der Waals surface area contributed by atoms with Crippen molar-refractivity contribution in [2.45, 2.75) is 6.42 Å². The van der Waals surface area contributed by atoms with Gasteiger partial charge in [0.1, 0.15) is 5.82 Å². The highest BCUT2D eigenvalue weighted by molar-refractivity contribution is 5.66. The quantitative estimate of drug-likeness (QED) is 0.817. The van der Waals surface area contributed by atoms with Crippen LogP contribution in [0, 0.1) is 11.6 Å². The number of aromatic nitrogens is 2. The van der Waals surface area contributed by atoms with Gasteiger partial charge < -0.3 is 15.6 Å². The fraction of sp³-hybridized carbons (Fsp3) is 0.250. The Kier molecular flexibility index (Phi) is 3.45. The Balaban J connectivity index is 2.03. The molecule has 0 unspecified atom stereocenters. The van der Waals surface area contributed by atoms with Crippen LogP contribution in [0.4, 0.5) is 20.2 Å². The Bertz CT molecular complexity index is 551. The van der Waals surface area contributed by atoms with E-state index in [2.05, 4.69) is 10.3 Å². The second-order valence-corrected chi connectivity index (χ2v) is 3.96. The van der Waals surface area contributed by atoms with E-state index in [9.17, 15) is 8.78 Å². The van der Waals surface area contributed by atoms with Gasteiger partial charge in [-0.15, -0.1) is 0 Å². The smallest absolute Gasteiger partial charge is 0.183 e. The fourth-order valence-electron chi connectivity index (χ4n) is 1.68. The normalized spacial score (nSPS) is 10.6. The van der Waals surface area contributed by atoms with Crippen LogP contribution >= 0.6 is 0 Å². The van der Waals surface area contributed by atoms with Crippen LogP contribution in [0.15, 0.2) is 24.5 Å². The molecular weight excluding hydrogens is 238 g/mol. The van der Waals surface area contributed by atoms with E-state index in [-0.39, 0.29) is 11.4 Å². The van der Waals surface area contributed by atoms with Crippen molar-refractivity contribution in [2.75, 3.05) is 17.6 Å². The number of nitrogens with two attached hydrogens (primary N) is 1. The molecule has 96 valence electrons. The van der Waals surface area contributed by atoms with Crippen molar-refractivity contribution < 1.29 is 8.78 Å². The van der Waals surface area contributed by atoms with Crippen LogP contribution in [0.1, 0.15) is 5.82 Å². The molecule has 0 aliphatic heterocycles. The Labute approximate surface area is 103 Å². The van der Waals surface area contributed by atoms with Crippen molar-refractivity contribution in [1.82, 2.24) is 9.55 Å². The summed E-state index contributed by atoms with van der Waals surface area (Å²) in [5.41, 5.74) is 5.78. The maximum Gasteiger partial charge on any atom is 0.183 e. The molecule has 2 aromatic rings. The van der Waals surface area contributed by atoms with Gasteiger partial charge in [-0.05, 0) is 12.1 Å².